The Balaban J connectivity index is 2.20. The number of nitrogens with one attached hydrogen (secondary N) is 2. The summed E-state index contributed by atoms with van der Waals surface area (Å²) in [6.45, 7) is 1.33. The lowest BCUT2D eigenvalue weighted by Gasteiger charge is -2.05. The molecule has 18 heavy (non-hydrogen) atoms. The second-order valence-corrected chi connectivity index (χ2v) is 8.45. The first kappa shape index (κ1) is 16.1. The summed E-state index contributed by atoms with van der Waals surface area (Å²) in [7, 11) is -1.24. The summed E-state index contributed by atoms with van der Waals surface area (Å²) in [6, 6.07) is 3.99. The van der Waals surface area contributed by atoms with Gasteiger partial charge in [0.25, 0.3) is 0 Å². The summed E-state index contributed by atoms with van der Waals surface area (Å²) in [5, 5.41) is 3.00. The van der Waals surface area contributed by atoms with E-state index in [0.717, 1.165) is 23.2 Å². The number of hydrogen-bond acceptors (Lipinski definition) is 4. The van der Waals surface area contributed by atoms with Crippen molar-refractivity contribution in [2.24, 2.45) is 0 Å². The fraction of sp³-hybridized carbons (Fsp3) is 0.636. The Bertz CT molecular complexity index is 446. The van der Waals surface area contributed by atoms with Gasteiger partial charge in [-0.25, -0.2) is 13.1 Å². The van der Waals surface area contributed by atoms with Gasteiger partial charge in [0.2, 0.25) is 10.0 Å². The highest BCUT2D eigenvalue weighted by molar-refractivity contribution is 9.11. The first-order valence-corrected chi connectivity index (χ1v) is 9.16. The van der Waals surface area contributed by atoms with Crippen LogP contribution >= 0.6 is 27.3 Å². The van der Waals surface area contributed by atoms with E-state index in [1.54, 1.807) is 11.3 Å². The number of rotatable bonds is 9. The largest absolute Gasteiger partial charge is 0.320 e. The van der Waals surface area contributed by atoms with E-state index in [9.17, 15) is 8.42 Å². The summed E-state index contributed by atoms with van der Waals surface area (Å²) in [5.41, 5.74) is 0. The average molecular weight is 355 g/mol. The second kappa shape index (κ2) is 8.27. The predicted molar refractivity (Wildman–Crippen MR) is 80.7 cm³/mol. The summed E-state index contributed by atoms with van der Waals surface area (Å²) in [4.78, 5) is 1.18. The molecule has 0 bridgehead atoms. The fourth-order valence-electron chi connectivity index (χ4n) is 1.48. The quantitative estimate of drug-likeness (QED) is 0.666. The van der Waals surface area contributed by atoms with E-state index in [1.807, 2.05) is 19.2 Å². The van der Waals surface area contributed by atoms with E-state index in [4.69, 9.17) is 0 Å². The number of unbranched alkanes of at least 4 members (excludes halogenated alkanes) is 1. The van der Waals surface area contributed by atoms with Crippen LogP contribution in [-0.2, 0) is 16.4 Å². The van der Waals surface area contributed by atoms with Gasteiger partial charge in [-0.05, 0) is 60.9 Å². The number of thiophene rings is 1. The maximum absolute atomic E-state index is 11.7. The molecule has 0 saturated carbocycles. The number of hydrogen-bond donors (Lipinski definition) is 2. The van der Waals surface area contributed by atoms with Gasteiger partial charge in [0.05, 0.1) is 9.54 Å². The van der Waals surface area contributed by atoms with Gasteiger partial charge in [0.15, 0.2) is 0 Å². The van der Waals surface area contributed by atoms with Gasteiger partial charge in [-0.2, -0.15) is 0 Å². The average Bonchev–Trinajstić information content (AvgIpc) is 2.70. The lowest BCUT2D eigenvalue weighted by atomic mass is 10.3. The smallest absolute Gasteiger partial charge is 0.211 e. The molecule has 0 aliphatic heterocycles. The predicted octanol–water partition coefficient (Wildman–Crippen LogP) is 1.97. The Morgan fingerprint density at radius 2 is 2.06 bits per heavy atom. The molecular formula is C11H19BrN2O2S2. The molecule has 0 aliphatic carbocycles. The molecule has 0 aliphatic rings. The summed E-state index contributed by atoms with van der Waals surface area (Å²) in [5.74, 6) is 0.211. The monoisotopic (exact) mass is 354 g/mol. The van der Waals surface area contributed by atoms with Gasteiger partial charge in [0, 0.05) is 11.4 Å². The maximum atomic E-state index is 11.7. The molecule has 0 amide bonds. The zero-order chi connectivity index (χ0) is 13.4. The molecule has 0 aromatic carbocycles. The van der Waals surface area contributed by atoms with E-state index in [2.05, 4.69) is 26.0 Å². The standard InChI is InChI=1S/C11H19BrN2O2S2/c1-13-7-2-3-9-18(15,16)14-8-6-10-4-5-11(12)17-10/h4-5,13-14H,2-3,6-9H2,1H3. The highest BCUT2D eigenvalue weighted by Crippen LogP contribution is 2.22. The van der Waals surface area contributed by atoms with E-state index in [0.29, 0.717) is 13.0 Å². The molecule has 0 spiro atoms. The molecule has 2 N–H and O–H groups in total. The molecular weight excluding hydrogens is 336 g/mol. The molecule has 4 nitrogen and oxygen atoms in total. The van der Waals surface area contributed by atoms with Gasteiger partial charge in [0.1, 0.15) is 0 Å². The van der Waals surface area contributed by atoms with Crippen LogP contribution in [0.1, 0.15) is 17.7 Å². The first-order valence-electron chi connectivity index (χ1n) is 5.89. The van der Waals surface area contributed by atoms with Crippen LogP contribution in [0.4, 0.5) is 0 Å². The zero-order valence-corrected chi connectivity index (χ0v) is 13.6. The van der Waals surface area contributed by atoms with Gasteiger partial charge in [-0.3, -0.25) is 0 Å². The Morgan fingerprint density at radius 3 is 2.67 bits per heavy atom. The van der Waals surface area contributed by atoms with Crippen LogP contribution in [0.3, 0.4) is 0 Å². The van der Waals surface area contributed by atoms with Gasteiger partial charge in [-0.1, -0.05) is 0 Å². The van der Waals surface area contributed by atoms with Crippen molar-refractivity contribution < 1.29 is 8.42 Å². The molecule has 0 unspecified atom stereocenters. The van der Waals surface area contributed by atoms with Crippen LogP contribution in [0.25, 0.3) is 0 Å². The topological polar surface area (TPSA) is 58.2 Å². The molecule has 0 atom stereocenters. The molecule has 1 aromatic heterocycles. The molecule has 104 valence electrons. The lowest BCUT2D eigenvalue weighted by Crippen LogP contribution is -2.28. The number of halogens is 1. The normalized spacial score (nSPS) is 11.9. The molecule has 1 aromatic rings. The van der Waals surface area contributed by atoms with Crippen molar-refractivity contribution in [1.29, 1.82) is 0 Å². The van der Waals surface area contributed by atoms with Crippen molar-refractivity contribution in [3.8, 4) is 0 Å². The van der Waals surface area contributed by atoms with Crippen molar-refractivity contribution >= 4 is 37.3 Å². The van der Waals surface area contributed by atoms with Gasteiger partial charge >= 0.3 is 0 Å². The van der Waals surface area contributed by atoms with Crippen LogP contribution in [0.2, 0.25) is 0 Å². The van der Waals surface area contributed by atoms with Gasteiger partial charge in [-0.15, -0.1) is 11.3 Å². The van der Waals surface area contributed by atoms with Crippen molar-refractivity contribution in [3.05, 3.63) is 20.8 Å². The third kappa shape index (κ3) is 6.84. The summed E-state index contributed by atoms with van der Waals surface area (Å²) < 4.78 is 27.0. The third-order valence-corrected chi connectivity index (χ3v) is 5.57. The van der Waals surface area contributed by atoms with Crippen molar-refractivity contribution in [3.63, 3.8) is 0 Å². The molecule has 1 heterocycles. The molecule has 0 fully saturated rings. The number of sulfonamides is 1. The van der Waals surface area contributed by atoms with Crippen molar-refractivity contribution in [2.45, 2.75) is 19.3 Å². The third-order valence-electron chi connectivity index (χ3n) is 2.41. The molecule has 0 radical (unpaired) electrons. The fourth-order valence-corrected chi connectivity index (χ4v) is 4.11. The van der Waals surface area contributed by atoms with Crippen LogP contribution in [0, 0.1) is 0 Å². The minimum atomic E-state index is -3.11. The van der Waals surface area contributed by atoms with Crippen molar-refractivity contribution in [2.75, 3.05) is 25.9 Å². The highest BCUT2D eigenvalue weighted by Gasteiger charge is 2.09. The minimum Gasteiger partial charge on any atom is -0.320 e. The highest BCUT2D eigenvalue weighted by atomic mass is 79.9. The Morgan fingerprint density at radius 1 is 1.28 bits per heavy atom. The van der Waals surface area contributed by atoms with Crippen LogP contribution in [0.5, 0.6) is 0 Å². The van der Waals surface area contributed by atoms with Crippen molar-refractivity contribution in [1.82, 2.24) is 10.0 Å². The Hall–Kier alpha value is 0.0500. The molecule has 1 rings (SSSR count). The lowest BCUT2D eigenvalue weighted by molar-refractivity contribution is 0.576. The summed E-state index contributed by atoms with van der Waals surface area (Å²) >= 11 is 5.02. The first-order chi connectivity index (χ1) is 8.53. The molecule has 7 heteroatoms. The zero-order valence-electron chi connectivity index (χ0n) is 10.4. The van der Waals surface area contributed by atoms with E-state index < -0.39 is 10.0 Å². The van der Waals surface area contributed by atoms with E-state index >= 15 is 0 Å². The van der Waals surface area contributed by atoms with Crippen LogP contribution < -0.4 is 10.0 Å². The van der Waals surface area contributed by atoms with E-state index in [-0.39, 0.29) is 5.75 Å². The van der Waals surface area contributed by atoms with E-state index in [1.165, 1.54) is 4.88 Å². The minimum absolute atomic E-state index is 0.211. The van der Waals surface area contributed by atoms with Crippen LogP contribution in [-0.4, -0.2) is 34.3 Å². The van der Waals surface area contributed by atoms with Gasteiger partial charge < -0.3 is 5.32 Å². The second-order valence-electron chi connectivity index (χ2n) is 3.98. The maximum Gasteiger partial charge on any atom is 0.211 e. The molecule has 0 saturated heterocycles. The Kier molecular flexibility index (Phi) is 7.40. The summed E-state index contributed by atoms with van der Waals surface area (Å²) in [6.07, 6.45) is 2.32. The van der Waals surface area contributed by atoms with Crippen LogP contribution in [0.15, 0.2) is 15.9 Å². The SMILES string of the molecule is CNCCCCS(=O)(=O)NCCc1ccc(Br)s1. The Labute approximate surface area is 121 Å².